The van der Waals surface area contributed by atoms with E-state index in [0.717, 1.165) is 0 Å². The van der Waals surface area contributed by atoms with Crippen LogP contribution < -0.4 is 5.32 Å². The smallest absolute Gasteiger partial charge is 0.272 e. The third-order valence-electron chi connectivity index (χ3n) is 2.90. The Morgan fingerprint density at radius 3 is 2.75 bits per heavy atom. The van der Waals surface area contributed by atoms with E-state index >= 15 is 0 Å². The number of aliphatic hydroxyl groups excluding tert-OH is 1. The summed E-state index contributed by atoms with van der Waals surface area (Å²) in [5, 5.41) is 11.7. The Balaban J connectivity index is 1.97. The Morgan fingerprint density at radius 1 is 1.40 bits per heavy atom. The van der Waals surface area contributed by atoms with E-state index < -0.39 is 18.6 Å². The van der Waals surface area contributed by atoms with Crippen LogP contribution in [0.1, 0.15) is 10.5 Å². The quantitative estimate of drug-likeness (QED) is 0.690. The molecule has 1 saturated heterocycles. The normalized spacial score (nSPS) is 16.6. The Bertz CT molecular complexity index is 462. The SMILES string of the molecule is O=C(NC(CO)C(=O)N1CCOCC1)c1cnccn1. The van der Waals surface area contributed by atoms with Crippen molar-refractivity contribution in [3.8, 4) is 0 Å². The number of morpholine rings is 1. The van der Waals surface area contributed by atoms with Crippen LogP contribution in [0.3, 0.4) is 0 Å². The Labute approximate surface area is 115 Å². The molecule has 2 rings (SSSR count). The van der Waals surface area contributed by atoms with E-state index in [9.17, 15) is 14.7 Å². The molecule has 108 valence electrons. The lowest BCUT2D eigenvalue weighted by Crippen LogP contribution is -2.53. The Hall–Kier alpha value is -2.06. The maximum absolute atomic E-state index is 12.2. The number of amides is 2. The summed E-state index contributed by atoms with van der Waals surface area (Å²) in [7, 11) is 0. The van der Waals surface area contributed by atoms with Crippen molar-refractivity contribution in [2.24, 2.45) is 0 Å². The maximum atomic E-state index is 12.2. The standard InChI is InChI=1S/C12H16N4O4/c17-8-10(12(19)16-3-5-20-6-4-16)15-11(18)9-7-13-1-2-14-9/h1-2,7,10,17H,3-6,8H2,(H,15,18). The third-order valence-corrected chi connectivity index (χ3v) is 2.90. The molecule has 1 unspecified atom stereocenters. The molecule has 0 radical (unpaired) electrons. The molecule has 0 aliphatic carbocycles. The fourth-order valence-corrected chi connectivity index (χ4v) is 1.84. The molecule has 1 aliphatic rings. The molecule has 0 saturated carbocycles. The second kappa shape index (κ2) is 6.92. The van der Waals surface area contributed by atoms with Gasteiger partial charge in [0.15, 0.2) is 0 Å². The second-order valence-electron chi connectivity index (χ2n) is 4.24. The van der Waals surface area contributed by atoms with E-state index in [1.54, 1.807) is 4.90 Å². The molecule has 0 spiro atoms. The molecule has 1 aliphatic heterocycles. The third kappa shape index (κ3) is 3.49. The number of aromatic nitrogens is 2. The van der Waals surface area contributed by atoms with Gasteiger partial charge in [-0.1, -0.05) is 0 Å². The highest BCUT2D eigenvalue weighted by atomic mass is 16.5. The molecule has 8 nitrogen and oxygen atoms in total. The zero-order chi connectivity index (χ0) is 14.4. The summed E-state index contributed by atoms with van der Waals surface area (Å²) in [6.07, 6.45) is 4.12. The van der Waals surface area contributed by atoms with Gasteiger partial charge in [-0.15, -0.1) is 0 Å². The molecule has 8 heteroatoms. The summed E-state index contributed by atoms with van der Waals surface area (Å²) < 4.78 is 5.15. The second-order valence-corrected chi connectivity index (χ2v) is 4.24. The number of rotatable bonds is 4. The summed E-state index contributed by atoms with van der Waals surface area (Å²) in [4.78, 5) is 33.2. The monoisotopic (exact) mass is 280 g/mol. The fourth-order valence-electron chi connectivity index (χ4n) is 1.84. The van der Waals surface area contributed by atoms with Gasteiger partial charge in [-0.2, -0.15) is 0 Å². The Kier molecular flexibility index (Phi) is 4.97. The largest absolute Gasteiger partial charge is 0.394 e. The van der Waals surface area contributed by atoms with Gasteiger partial charge in [-0.05, 0) is 0 Å². The van der Waals surface area contributed by atoms with Crippen molar-refractivity contribution in [3.63, 3.8) is 0 Å². The molecular formula is C12H16N4O4. The van der Waals surface area contributed by atoms with Crippen molar-refractivity contribution in [2.75, 3.05) is 32.9 Å². The first-order valence-corrected chi connectivity index (χ1v) is 6.26. The lowest BCUT2D eigenvalue weighted by atomic mass is 10.2. The number of hydrogen-bond donors (Lipinski definition) is 2. The van der Waals surface area contributed by atoms with Crippen molar-refractivity contribution in [2.45, 2.75) is 6.04 Å². The van der Waals surface area contributed by atoms with Gasteiger partial charge in [-0.25, -0.2) is 4.98 Å². The zero-order valence-electron chi connectivity index (χ0n) is 10.9. The molecule has 20 heavy (non-hydrogen) atoms. The highest BCUT2D eigenvalue weighted by molar-refractivity contribution is 5.95. The number of aliphatic hydroxyl groups is 1. The van der Waals surface area contributed by atoms with Crippen LogP contribution in [0.15, 0.2) is 18.6 Å². The molecular weight excluding hydrogens is 264 g/mol. The molecule has 2 N–H and O–H groups in total. The van der Waals surface area contributed by atoms with Crippen molar-refractivity contribution in [1.29, 1.82) is 0 Å². The van der Waals surface area contributed by atoms with Crippen molar-refractivity contribution in [1.82, 2.24) is 20.2 Å². The summed E-state index contributed by atoms with van der Waals surface area (Å²) in [5.74, 6) is -0.869. The van der Waals surface area contributed by atoms with Gasteiger partial charge in [0.25, 0.3) is 5.91 Å². The molecule has 2 heterocycles. The lowest BCUT2D eigenvalue weighted by molar-refractivity contribution is -0.138. The zero-order valence-corrected chi connectivity index (χ0v) is 10.9. The summed E-state index contributed by atoms with van der Waals surface area (Å²) in [6, 6.07) is -0.984. The van der Waals surface area contributed by atoms with Crippen LogP contribution in [0.5, 0.6) is 0 Å². The molecule has 1 aromatic heterocycles. The van der Waals surface area contributed by atoms with Crippen molar-refractivity contribution < 1.29 is 19.4 Å². The molecule has 1 fully saturated rings. The van der Waals surface area contributed by atoms with Crippen LogP contribution in [-0.4, -0.2) is 70.7 Å². The van der Waals surface area contributed by atoms with Crippen molar-refractivity contribution >= 4 is 11.8 Å². The summed E-state index contributed by atoms with van der Waals surface area (Å²) in [5.41, 5.74) is 0.0979. The van der Waals surface area contributed by atoms with Gasteiger partial charge in [0.1, 0.15) is 11.7 Å². The molecule has 2 amide bonds. The van der Waals surface area contributed by atoms with E-state index in [4.69, 9.17) is 4.74 Å². The van der Waals surface area contributed by atoms with E-state index in [2.05, 4.69) is 15.3 Å². The number of nitrogens with zero attached hydrogens (tertiary/aromatic N) is 3. The topological polar surface area (TPSA) is 105 Å². The minimum Gasteiger partial charge on any atom is -0.394 e. The number of ether oxygens (including phenoxy) is 1. The fraction of sp³-hybridized carbons (Fsp3) is 0.500. The first kappa shape index (κ1) is 14.4. The van der Waals surface area contributed by atoms with E-state index in [-0.39, 0.29) is 11.6 Å². The van der Waals surface area contributed by atoms with E-state index in [0.29, 0.717) is 26.3 Å². The summed E-state index contributed by atoms with van der Waals surface area (Å²) in [6.45, 7) is 1.36. The van der Waals surface area contributed by atoms with Crippen LogP contribution >= 0.6 is 0 Å². The number of carbonyl (C=O) groups excluding carboxylic acids is 2. The first-order valence-electron chi connectivity index (χ1n) is 6.26. The highest BCUT2D eigenvalue weighted by Gasteiger charge is 2.27. The van der Waals surface area contributed by atoms with Gasteiger partial charge < -0.3 is 20.1 Å². The van der Waals surface area contributed by atoms with Gasteiger partial charge in [-0.3, -0.25) is 14.6 Å². The van der Waals surface area contributed by atoms with E-state index in [1.807, 2.05) is 0 Å². The van der Waals surface area contributed by atoms with Crippen LogP contribution in [0.25, 0.3) is 0 Å². The Morgan fingerprint density at radius 2 is 2.15 bits per heavy atom. The summed E-state index contributed by atoms with van der Waals surface area (Å²) >= 11 is 0. The number of nitrogens with one attached hydrogen (secondary N) is 1. The molecule has 0 bridgehead atoms. The van der Waals surface area contributed by atoms with Gasteiger partial charge >= 0.3 is 0 Å². The predicted octanol–water partition coefficient (Wildman–Crippen LogP) is -1.57. The highest BCUT2D eigenvalue weighted by Crippen LogP contribution is 2.02. The average Bonchev–Trinajstić information content (AvgIpc) is 2.53. The molecule has 1 aromatic rings. The van der Waals surface area contributed by atoms with Crippen LogP contribution in [0, 0.1) is 0 Å². The van der Waals surface area contributed by atoms with E-state index in [1.165, 1.54) is 18.6 Å². The van der Waals surface area contributed by atoms with Gasteiger partial charge in [0.05, 0.1) is 26.0 Å². The van der Waals surface area contributed by atoms with Crippen molar-refractivity contribution in [3.05, 3.63) is 24.3 Å². The minimum atomic E-state index is -0.984. The van der Waals surface area contributed by atoms with Gasteiger partial charge in [0, 0.05) is 25.5 Å². The maximum Gasteiger partial charge on any atom is 0.272 e. The minimum absolute atomic E-state index is 0.0979. The van der Waals surface area contributed by atoms with Crippen LogP contribution in [-0.2, 0) is 9.53 Å². The van der Waals surface area contributed by atoms with Gasteiger partial charge in [0.2, 0.25) is 5.91 Å². The molecule has 0 aromatic carbocycles. The first-order chi connectivity index (χ1) is 9.72. The van der Waals surface area contributed by atoms with Crippen LogP contribution in [0.4, 0.5) is 0 Å². The average molecular weight is 280 g/mol. The number of carbonyl (C=O) groups is 2. The van der Waals surface area contributed by atoms with Crippen LogP contribution in [0.2, 0.25) is 0 Å². The number of hydrogen-bond acceptors (Lipinski definition) is 6. The molecule has 1 atom stereocenters. The predicted molar refractivity (Wildman–Crippen MR) is 67.8 cm³/mol. The lowest BCUT2D eigenvalue weighted by Gasteiger charge is -2.30.